The van der Waals surface area contributed by atoms with E-state index in [1.165, 1.54) is 11.8 Å². The second-order valence-corrected chi connectivity index (χ2v) is 6.47. The molecular weight excluding hydrogens is 222 g/mol. The van der Waals surface area contributed by atoms with Crippen LogP contribution in [0, 0.1) is 6.92 Å². The topological polar surface area (TPSA) is 60.2 Å². The summed E-state index contributed by atoms with van der Waals surface area (Å²) in [6.07, 6.45) is 1.86. The molecule has 1 unspecified atom stereocenters. The van der Waals surface area contributed by atoms with Crippen molar-refractivity contribution in [2.24, 2.45) is 5.73 Å². The first-order valence-corrected chi connectivity index (χ1v) is 7.43. The minimum atomic E-state index is -2.91. The Balaban J connectivity index is 2.79. The van der Waals surface area contributed by atoms with Crippen molar-refractivity contribution in [2.75, 3.05) is 18.6 Å². The number of hydrogen-bond acceptors (Lipinski definition) is 3. The Kier molecular flexibility index (Phi) is 4.50. The van der Waals surface area contributed by atoms with Crippen LogP contribution in [0.15, 0.2) is 24.3 Å². The number of benzene rings is 1. The summed E-state index contributed by atoms with van der Waals surface area (Å²) in [5.41, 5.74) is 8.04. The van der Waals surface area contributed by atoms with Crippen molar-refractivity contribution >= 4 is 9.84 Å². The van der Waals surface area contributed by atoms with Gasteiger partial charge in [0.25, 0.3) is 0 Å². The summed E-state index contributed by atoms with van der Waals surface area (Å²) in [7, 11) is -2.91. The van der Waals surface area contributed by atoms with Crippen molar-refractivity contribution in [3.05, 3.63) is 35.4 Å². The maximum absolute atomic E-state index is 11.1. The molecule has 0 radical (unpaired) electrons. The molecule has 0 fully saturated rings. The van der Waals surface area contributed by atoms with E-state index in [9.17, 15) is 8.42 Å². The van der Waals surface area contributed by atoms with Crippen molar-refractivity contribution in [2.45, 2.75) is 19.3 Å². The van der Waals surface area contributed by atoms with Crippen LogP contribution in [0.4, 0.5) is 0 Å². The number of nitrogens with two attached hydrogens (primary N) is 1. The number of rotatable bonds is 5. The van der Waals surface area contributed by atoms with Gasteiger partial charge in [-0.05, 0) is 36.9 Å². The molecule has 2 N–H and O–H groups in total. The van der Waals surface area contributed by atoms with E-state index in [2.05, 4.69) is 0 Å². The Morgan fingerprint density at radius 1 is 1.31 bits per heavy atom. The Morgan fingerprint density at radius 2 is 1.94 bits per heavy atom. The van der Waals surface area contributed by atoms with Gasteiger partial charge in [-0.2, -0.15) is 0 Å². The summed E-state index contributed by atoms with van der Waals surface area (Å²) < 4.78 is 22.3. The SMILES string of the molecule is Cc1ccccc1C(CN)CCS(C)(=O)=O. The third-order valence-electron chi connectivity index (χ3n) is 2.75. The van der Waals surface area contributed by atoms with Gasteiger partial charge < -0.3 is 5.73 Å². The molecule has 0 aliphatic heterocycles. The van der Waals surface area contributed by atoms with E-state index in [0.29, 0.717) is 13.0 Å². The van der Waals surface area contributed by atoms with Gasteiger partial charge >= 0.3 is 0 Å². The molecule has 16 heavy (non-hydrogen) atoms. The standard InChI is InChI=1S/C12H19NO2S/c1-10-5-3-4-6-12(10)11(9-13)7-8-16(2,14)15/h3-6,11H,7-9,13H2,1-2H3. The van der Waals surface area contributed by atoms with Crippen LogP contribution in [-0.4, -0.2) is 27.0 Å². The van der Waals surface area contributed by atoms with E-state index in [4.69, 9.17) is 5.73 Å². The van der Waals surface area contributed by atoms with E-state index in [-0.39, 0.29) is 11.7 Å². The lowest BCUT2D eigenvalue weighted by Crippen LogP contribution is -2.17. The Morgan fingerprint density at radius 3 is 2.44 bits per heavy atom. The van der Waals surface area contributed by atoms with Crippen molar-refractivity contribution in [3.8, 4) is 0 Å². The molecule has 0 amide bonds. The minimum absolute atomic E-state index is 0.135. The maximum atomic E-state index is 11.1. The molecule has 1 rings (SSSR count). The molecule has 1 aromatic carbocycles. The molecule has 1 aromatic rings. The molecule has 3 nitrogen and oxygen atoms in total. The summed E-state index contributed by atoms with van der Waals surface area (Å²) in [5, 5.41) is 0. The van der Waals surface area contributed by atoms with Crippen molar-refractivity contribution in [1.29, 1.82) is 0 Å². The van der Waals surface area contributed by atoms with Crippen molar-refractivity contribution in [1.82, 2.24) is 0 Å². The average Bonchev–Trinajstić information content (AvgIpc) is 2.20. The van der Waals surface area contributed by atoms with Crippen LogP contribution in [0.5, 0.6) is 0 Å². The molecule has 4 heteroatoms. The molecule has 0 bridgehead atoms. The smallest absolute Gasteiger partial charge is 0.147 e. The summed E-state index contributed by atoms with van der Waals surface area (Å²) in [5.74, 6) is 0.333. The van der Waals surface area contributed by atoms with Crippen LogP contribution in [0.2, 0.25) is 0 Å². The predicted molar refractivity (Wildman–Crippen MR) is 67.3 cm³/mol. The molecule has 0 spiro atoms. The minimum Gasteiger partial charge on any atom is -0.330 e. The van der Waals surface area contributed by atoms with Crippen LogP contribution in [-0.2, 0) is 9.84 Å². The van der Waals surface area contributed by atoms with Crippen LogP contribution >= 0.6 is 0 Å². The molecular formula is C12H19NO2S. The Bertz CT molecular complexity index is 440. The summed E-state index contributed by atoms with van der Waals surface area (Å²) >= 11 is 0. The lowest BCUT2D eigenvalue weighted by molar-refractivity contribution is 0.589. The van der Waals surface area contributed by atoms with Crippen molar-refractivity contribution < 1.29 is 8.42 Å². The number of aryl methyl sites for hydroxylation is 1. The average molecular weight is 241 g/mol. The molecule has 0 heterocycles. The van der Waals surface area contributed by atoms with Gasteiger partial charge in [0, 0.05) is 6.26 Å². The highest BCUT2D eigenvalue weighted by Crippen LogP contribution is 2.22. The van der Waals surface area contributed by atoms with Crippen molar-refractivity contribution in [3.63, 3.8) is 0 Å². The van der Waals surface area contributed by atoms with Gasteiger partial charge in [0.15, 0.2) is 0 Å². The first kappa shape index (κ1) is 13.2. The highest BCUT2D eigenvalue weighted by Gasteiger charge is 2.14. The van der Waals surface area contributed by atoms with E-state index >= 15 is 0 Å². The van der Waals surface area contributed by atoms with Gasteiger partial charge in [0.2, 0.25) is 0 Å². The van der Waals surface area contributed by atoms with E-state index in [0.717, 1.165) is 5.56 Å². The fraction of sp³-hybridized carbons (Fsp3) is 0.500. The van der Waals surface area contributed by atoms with Crippen LogP contribution in [0.1, 0.15) is 23.5 Å². The Hall–Kier alpha value is -0.870. The van der Waals surface area contributed by atoms with E-state index in [1.807, 2.05) is 31.2 Å². The summed E-state index contributed by atoms with van der Waals surface area (Å²) in [6.45, 7) is 2.51. The van der Waals surface area contributed by atoms with Gasteiger partial charge in [0.1, 0.15) is 9.84 Å². The second kappa shape index (κ2) is 5.46. The zero-order valence-corrected chi connectivity index (χ0v) is 10.6. The van der Waals surface area contributed by atoms with E-state index in [1.54, 1.807) is 0 Å². The van der Waals surface area contributed by atoms with Gasteiger partial charge in [-0.25, -0.2) is 8.42 Å². The van der Waals surface area contributed by atoms with Crippen LogP contribution in [0.25, 0.3) is 0 Å². The monoisotopic (exact) mass is 241 g/mol. The first-order chi connectivity index (χ1) is 7.44. The van der Waals surface area contributed by atoms with Crippen LogP contribution in [0.3, 0.4) is 0 Å². The third-order valence-corrected chi connectivity index (χ3v) is 3.73. The van der Waals surface area contributed by atoms with Crippen LogP contribution < -0.4 is 5.73 Å². The second-order valence-electron chi connectivity index (χ2n) is 4.21. The predicted octanol–water partition coefficient (Wildman–Crippen LogP) is 1.47. The largest absolute Gasteiger partial charge is 0.330 e. The lowest BCUT2D eigenvalue weighted by atomic mass is 9.93. The first-order valence-electron chi connectivity index (χ1n) is 5.37. The zero-order chi connectivity index (χ0) is 12.2. The quantitative estimate of drug-likeness (QED) is 0.849. The number of hydrogen-bond donors (Lipinski definition) is 1. The highest BCUT2D eigenvalue weighted by atomic mass is 32.2. The highest BCUT2D eigenvalue weighted by molar-refractivity contribution is 7.90. The molecule has 0 aliphatic carbocycles. The molecule has 0 saturated carbocycles. The van der Waals surface area contributed by atoms with Gasteiger partial charge in [0.05, 0.1) is 5.75 Å². The van der Waals surface area contributed by atoms with Gasteiger partial charge in [-0.15, -0.1) is 0 Å². The van der Waals surface area contributed by atoms with E-state index < -0.39 is 9.84 Å². The molecule has 0 aliphatic rings. The molecule has 1 atom stereocenters. The lowest BCUT2D eigenvalue weighted by Gasteiger charge is -2.16. The maximum Gasteiger partial charge on any atom is 0.147 e. The third kappa shape index (κ3) is 3.94. The summed E-state index contributed by atoms with van der Waals surface area (Å²) in [4.78, 5) is 0. The molecule has 90 valence electrons. The molecule has 0 aromatic heterocycles. The van der Waals surface area contributed by atoms with Gasteiger partial charge in [-0.3, -0.25) is 0 Å². The summed E-state index contributed by atoms with van der Waals surface area (Å²) in [6, 6.07) is 7.99. The fourth-order valence-electron chi connectivity index (χ4n) is 1.80. The zero-order valence-electron chi connectivity index (χ0n) is 9.81. The number of sulfone groups is 1. The Labute approximate surface area is 97.6 Å². The molecule has 0 saturated heterocycles. The normalized spacial score (nSPS) is 13.7. The fourth-order valence-corrected chi connectivity index (χ4v) is 2.51. The van der Waals surface area contributed by atoms with Gasteiger partial charge in [-0.1, -0.05) is 24.3 Å².